The molecule has 2 aromatic rings. The summed E-state index contributed by atoms with van der Waals surface area (Å²) in [5.41, 5.74) is 0.294. The molecule has 0 aliphatic heterocycles. The van der Waals surface area contributed by atoms with Gasteiger partial charge in [0.1, 0.15) is 0 Å². The van der Waals surface area contributed by atoms with Crippen LogP contribution in [0.15, 0.2) is 51.8 Å². The van der Waals surface area contributed by atoms with Crippen molar-refractivity contribution in [3.63, 3.8) is 0 Å². The molecule has 1 N–H and O–H groups in total. The highest BCUT2D eigenvalue weighted by Gasteiger charge is 2.16. The van der Waals surface area contributed by atoms with Crippen LogP contribution in [-0.2, 0) is 9.84 Å². The summed E-state index contributed by atoms with van der Waals surface area (Å²) in [6.45, 7) is 1.55. The van der Waals surface area contributed by atoms with Gasteiger partial charge in [0.2, 0.25) is 0 Å². The summed E-state index contributed by atoms with van der Waals surface area (Å²) >= 11 is 3.05. The van der Waals surface area contributed by atoms with Gasteiger partial charge in [-0.1, -0.05) is 6.92 Å². The minimum Gasteiger partial charge on any atom is -0.322 e. The van der Waals surface area contributed by atoms with Gasteiger partial charge in [-0.05, 0) is 52.3 Å². The molecule has 0 radical (unpaired) electrons. The van der Waals surface area contributed by atoms with Gasteiger partial charge in [0, 0.05) is 17.3 Å². The number of anilines is 1. The summed E-state index contributed by atoms with van der Waals surface area (Å²) in [6.07, 6.45) is 0. The van der Waals surface area contributed by atoms with Gasteiger partial charge < -0.3 is 5.32 Å². The number of nitrogens with one attached hydrogen (secondary N) is 1. The molecule has 1 amide bonds. The minimum atomic E-state index is -3.31. The molecule has 7 nitrogen and oxygen atoms in total. The first-order valence-corrected chi connectivity index (χ1v) is 9.27. The zero-order chi connectivity index (χ0) is 17.9. The quantitative estimate of drug-likeness (QED) is 0.597. The molecule has 0 saturated carbocycles. The third-order valence-electron chi connectivity index (χ3n) is 3.26. The predicted octanol–water partition coefficient (Wildman–Crippen LogP) is 3.40. The van der Waals surface area contributed by atoms with Crippen LogP contribution in [0.4, 0.5) is 11.4 Å². The lowest BCUT2D eigenvalue weighted by atomic mass is 10.2. The molecule has 0 aliphatic carbocycles. The molecule has 0 bridgehead atoms. The van der Waals surface area contributed by atoms with Crippen LogP contribution in [0.5, 0.6) is 0 Å². The summed E-state index contributed by atoms with van der Waals surface area (Å²) in [6, 6.07) is 9.76. The third kappa shape index (κ3) is 3.98. The zero-order valence-corrected chi connectivity index (χ0v) is 14.9. The molecular weight excluding hydrogens is 400 g/mol. The number of nitro groups is 1. The van der Waals surface area contributed by atoms with Gasteiger partial charge in [0.25, 0.3) is 11.6 Å². The van der Waals surface area contributed by atoms with Crippen LogP contribution in [0.1, 0.15) is 17.3 Å². The van der Waals surface area contributed by atoms with Gasteiger partial charge in [-0.2, -0.15) is 0 Å². The van der Waals surface area contributed by atoms with E-state index in [1.807, 2.05) is 0 Å². The first kappa shape index (κ1) is 18.1. The number of halogens is 1. The van der Waals surface area contributed by atoms with E-state index in [0.717, 1.165) is 6.07 Å². The molecule has 0 fully saturated rings. The molecule has 24 heavy (non-hydrogen) atoms. The Bertz CT molecular complexity index is 895. The second-order valence-corrected chi connectivity index (χ2v) is 7.94. The van der Waals surface area contributed by atoms with E-state index in [-0.39, 0.29) is 26.4 Å². The van der Waals surface area contributed by atoms with Crippen LogP contribution in [0, 0.1) is 10.1 Å². The molecule has 0 atom stereocenters. The standard InChI is InChI=1S/C15H13BrN2O5S/c1-2-24(22,23)12-6-4-11(5-7-12)17-15(19)10-3-8-13(16)14(9-10)18(20)21/h3-9H,2H2,1H3,(H,17,19). The van der Waals surface area contributed by atoms with Crippen molar-refractivity contribution in [3.05, 3.63) is 62.6 Å². The molecule has 0 spiro atoms. The molecule has 0 aliphatic rings. The number of amides is 1. The number of carbonyl (C=O) groups is 1. The summed E-state index contributed by atoms with van der Waals surface area (Å²) < 4.78 is 23.7. The van der Waals surface area contributed by atoms with Crippen LogP contribution < -0.4 is 5.32 Å². The fraction of sp³-hybridized carbons (Fsp3) is 0.133. The number of nitrogens with zero attached hydrogens (tertiary/aromatic N) is 1. The lowest BCUT2D eigenvalue weighted by Crippen LogP contribution is -2.12. The van der Waals surface area contributed by atoms with Gasteiger partial charge in [0.15, 0.2) is 9.84 Å². The monoisotopic (exact) mass is 412 g/mol. The van der Waals surface area contributed by atoms with Crippen LogP contribution in [0.25, 0.3) is 0 Å². The number of sulfone groups is 1. The molecule has 9 heteroatoms. The van der Waals surface area contributed by atoms with E-state index in [0.29, 0.717) is 5.69 Å². The van der Waals surface area contributed by atoms with Crippen LogP contribution in [-0.4, -0.2) is 25.0 Å². The summed E-state index contributed by atoms with van der Waals surface area (Å²) in [5.74, 6) is -0.543. The second kappa shape index (κ2) is 7.10. The van der Waals surface area contributed by atoms with Gasteiger partial charge in [-0.15, -0.1) is 0 Å². The maximum absolute atomic E-state index is 12.2. The summed E-state index contributed by atoms with van der Waals surface area (Å²) in [5, 5.41) is 13.5. The maximum atomic E-state index is 12.2. The van der Waals surface area contributed by atoms with E-state index in [1.54, 1.807) is 6.92 Å². The molecule has 0 heterocycles. The molecule has 2 rings (SSSR count). The maximum Gasteiger partial charge on any atom is 0.284 e. The lowest BCUT2D eigenvalue weighted by molar-refractivity contribution is -0.385. The zero-order valence-electron chi connectivity index (χ0n) is 12.5. The number of hydrogen-bond acceptors (Lipinski definition) is 5. The first-order chi connectivity index (χ1) is 11.2. The van der Waals surface area contributed by atoms with Crippen molar-refractivity contribution in [3.8, 4) is 0 Å². The normalized spacial score (nSPS) is 11.1. The highest BCUT2D eigenvalue weighted by atomic mass is 79.9. The lowest BCUT2D eigenvalue weighted by Gasteiger charge is -2.07. The molecule has 0 saturated heterocycles. The minimum absolute atomic E-state index is 0.0126. The number of hydrogen-bond donors (Lipinski definition) is 1. The van der Waals surface area contributed by atoms with Crippen molar-refractivity contribution in [1.29, 1.82) is 0 Å². The van der Waals surface area contributed by atoms with E-state index in [4.69, 9.17) is 0 Å². The molecular formula is C15H13BrN2O5S. The average molecular weight is 413 g/mol. The van der Waals surface area contributed by atoms with Crippen molar-refractivity contribution < 1.29 is 18.1 Å². The van der Waals surface area contributed by atoms with E-state index < -0.39 is 20.7 Å². The third-order valence-corrected chi connectivity index (χ3v) is 5.68. The van der Waals surface area contributed by atoms with Gasteiger partial charge in [-0.3, -0.25) is 14.9 Å². The van der Waals surface area contributed by atoms with Crippen molar-refractivity contribution in [2.24, 2.45) is 0 Å². The van der Waals surface area contributed by atoms with Crippen molar-refractivity contribution in [2.75, 3.05) is 11.1 Å². The molecule has 126 valence electrons. The second-order valence-electron chi connectivity index (χ2n) is 4.81. The van der Waals surface area contributed by atoms with Crippen molar-refractivity contribution in [2.45, 2.75) is 11.8 Å². The predicted molar refractivity (Wildman–Crippen MR) is 92.9 cm³/mol. The number of benzene rings is 2. The van der Waals surface area contributed by atoms with Crippen molar-refractivity contribution in [1.82, 2.24) is 0 Å². The van der Waals surface area contributed by atoms with E-state index in [1.165, 1.54) is 36.4 Å². The number of carbonyl (C=O) groups excluding carboxylic acids is 1. The van der Waals surface area contributed by atoms with Crippen LogP contribution in [0.3, 0.4) is 0 Å². The van der Waals surface area contributed by atoms with Gasteiger partial charge >= 0.3 is 0 Å². The van der Waals surface area contributed by atoms with E-state index >= 15 is 0 Å². The molecule has 2 aromatic carbocycles. The Balaban J connectivity index is 2.21. The number of nitro benzene ring substituents is 1. The van der Waals surface area contributed by atoms with Crippen LogP contribution >= 0.6 is 15.9 Å². The Kier molecular flexibility index (Phi) is 5.35. The first-order valence-electron chi connectivity index (χ1n) is 6.82. The van der Waals surface area contributed by atoms with Crippen LogP contribution in [0.2, 0.25) is 0 Å². The molecule has 0 aromatic heterocycles. The Morgan fingerprint density at radius 3 is 2.38 bits per heavy atom. The smallest absolute Gasteiger partial charge is 0.284 e. The Hall–Kier alpha value is -2.26. The van der Waals surface area contributed by atoms with Gasteiger partial charge in [0.05, 0.1) is 20.0 Å². The summed E-state index contributed by atoms with van der Waals surface area (Å²) in [7, 11) is -3.31. The Labute approximate surface area is 146 Å². The van der Waals surface area contributed by atoms with Gasteiger partial charge in [-0.25, -0.2) is 8.42 Å². The van der Waals surface area contributed by atoms with Crippen molar-refractivity contribution >= 4 is 43.0 Å². The fourth-order valence-corrected chi connectivity index (χ4v) is 3.18. The highest BCUT2D eigenvalue weighted by Crippen LogP contribution is 2.26. The van der Waals surface area contributed by atoms with E-state index in [9.17, 15) is 23.3 Å². The summed E-state index contributed by atoms with van der Waals surface area (Å²) in [4.78, 5) is 22.6. The topological polar surface area (TPSA) is 106 Å². The largest absolute Gasteiger partial charge is 0.322 e. The SMILES string of the molecule is CCS(=O)(=O)c1ccc(NC(=O)c2ccc(Br)c([N+](=O)[O-])c2)cc1. The average Bonchev–Trinajstić information content (AvgIpc) is 2.55. The fourth-order valence-electron chi connectivity index (χ4n) is 1.91. The Morgan fingerprint density at radius 2 is 1.83 bits per heavy atom. The Morgan fingerprint density at radius 1 is 1.21 bits per heavy atom. The van der Waals surface area contributed by atoms with E-state index in [2.05, 4.69) is 21.2 Å². The highest BCUT2D eigenvalue weighted by molar-refractivity contribution is 9.10. The molecule has 0 unspecified atom stereocenters. The number of rotatable bonds is 5.